The Morgan fingerprint density at radius 3 is 2.33 bits per heavy atom. The maximum Gasteiger partial charge on any atom is 0.244 e. The summed E-state index contributed by atoms with van der Waals surface area (Å²) in [5.41, 5.74) is 2.00. The molecule has 0 saturated carbocycles. The van der Waals surface area contributed by atoms with Crippen molar-refractivity contribution in [3.63, 3.8) is 0 Å². The first kappa shape index (κ1) is 15.5. The highest BCUT2D eigenvalue weighted by Gasteiger charge is 2.22. The Hall–Kier alpha value is -1.85. The van der Waals surface area contributed by atoms with Gasteiger partial charge in [0.25, 0.3) is 0 Å². The van der Waals surface area contributed by atoms with E-state index < -0.39 is 10.0 Å². The van der Waals surface area contributed by atoms with Crippen molar-refractivity contribution in [2.75, 3.05) is 7.11 Å². The van der Waals surface area contributed by atoms with Crippen LogP contribution in [0.1, 0.15) is 24.1 Å². The van der Waals surface area contributed by atoms with Gasteiger partial charge in [0.05, 0.1) is 7.11 Å². The molecule has 1 N–H and O–H groups in total. The lowest BCUT2D eigenvalue weighted by molar-refractivity contribution is 0.402. The monoisotopic (exact) mass is 305 g/mol. The molecule has 0 amide bonds. The van der Waals surface area contributed by atoms with Gasteiger partial charge in [-0.25, -0.2) is 13.1 Å². The molecule has 4 nitrogen and oxygen atoms in total. The first-order chi connectivity index (χ1) is 9.95. The Morgan fingerprint density at radius 2 is 1.67 bits per heavy atom. The van der Waals surface area contributed by atoms with Gasteiger partial charge in [0, 0.05) is 6.04 Å². The average Bonchev–Trinajstić information content (AvgIpc) is 2.47. The van der Waals surface area contributed by atoms with Gasteiger partial charge >= 0.3 is 0 Å². The maximum atomic E-state index is 12.5. The molecule has 0 saturated heterocycles. The van der Waals surface area contributed by atoms with Crippen LogP contribution in [-0.2, 0) is 10.0 Å². The molecule has 0 bridgehead atoms. The highest BCUT2D eigenvalue weighted by Crippen LogP contribution is 2.25. The topological polar surface area (TPSA) is 55.4 Å². The number of rotatable bonds is 5. The van der Waals surface area contributed by atoms with Gasteiger partial charge in [-0.2, -0.15) is 0 Å². The second-order valence-electron chi connectivity index (χ2n) is 4.85. The molecule has 0 radical (unpaired) electrons. The third kappa shape index (κ3) is 3.43. The third-order valence-electron chi connectivity index (χ3n) is 3.35. The summed E-state index contributed by atoms with van der Waals surface area (Å²) in [6, 6.07) is 14.0. The van der Waals surface area contributed by atoms with E-state index in [1.165, 1.54) is 13.2 Å². The van der Waals surface area contributed by atoms with Crippen molar-refractivity contribution in [1.29, 1.82) is 0 Å². The van der Waals surface area contributed by atoms with Crippen LogP contribution in [0.25, 0.3) is 0 Å². The minimum Gasteiger partial charge on any atom is -0.495 e. The highest BCUT2D eigenvalue weighted by molar-refractivity contribution is 7.89. The Kier molecular flexibility index (Phi) is 4.65. The van der Waals surface area contributed by atoms with Crippen molar-refractivity contribution in [3.05, 3.63) is 59.7 Å². The van der Waals surface area contributed by atoms with Crippen molar-refractivity contribution in [1.82, 2.24) is 4.72 Å². The van der Waals surface area contributed by atoms with Gasteiger partial charge in [0.2, 0.25) is 10.0 Å². The summed E-state index contributed by atoms with van der Waals surface area (Å²) in [5.74, 6) is 0.335. The molecule has 0 fully saturated rings. The van der Waals surface area contributed by atoms with Crippen LogP contribution >= 0.6 is 0 Å². The van der Waals surface area contributed by atoms with E-state index >= 15 is 0 Å². The minimum atomic E-state index is -3.64. The SMILES string of the molecule is COc1ccccc1S(=O)(=O)NC(C)c1ccccc1C. The zero-order valence-corrected chi connectivity index (χ0v) is 13.1. The molecule has 2 aromatic rings. The number of para-hydroxylation sites is 1. The Bertz CT molecular complexity index is 726. The predicted molar refractivity (Wildman–Crippen MR) is 82.9 cm³/mol. The van der Waals surface area contributed by atoms with Crippen LogP contribution < -0.4 is 9.46 Å². The molecule has 112 valence electrons. The van der Waals surface area contributed by atoms with E-state index in [4.69, 9.17) is 4.74 Å². The summed E-state index contributed by atoms with van der Waals surface area (Å²) < 4.78 is 32.9. The van der Waals surface area contributed by atoms with E-state index in [1.54, 1.807) is 18.2 Å². The Labute approximate surface area is 125 Å². The van der Waals surface area contributed by atoms with E-state index in [9.17, 15) is 8.42 Å². The number of sulfonamides is 1. The van der Waals surface area contributed by atoms with Crippen LogP contribution in [-0.4, -0.2) is 15.5 Å². The smallest absolute Gasteiger partial charge is 0.244 e. The molecular formula is C16H19NO3S. The molecular weight excluding hydrogens is 286 g/mol. The molecule has 0 aromatic heterocycles. The van der Waals surface area contributed by atoms with Gasteiger partial charge in [-0.1, -0.05) is 36.4 Å². The fourth-order valence-electron chi connectivity index (χ4n) is 2.27. The van der Waals surface area contributed by atoms with Crippen LogP contribution in [0, 0.1) is 6.92 Å². The highest BCUT2D eigenvalue weighted by atomic mass is 32.2. The van der Waals surface area contributed by atoms with E-state index in [-0.39, 0.29) is 10.9 Å². The van der Waals surface area contributed by atoms with Crippen LogP contribution in [0.4, 0.5) is 0 Å². The van der Waals surface area contributed by atoms with Gasteiger partial charge < -0.3 is 4.74 Å². The fourth-order valence-corrected chi connectivity index (χ4v) is 3.67. The van der Waals surface area contributed by atoms with Gasteiger partial charge in [0.15, 0.2) is 0 Å². The molecule has 0 heterocycles. The zero-order chi connectivity index (χ0) is 15.5. The summed E-state index contributed by atoms with van der Waals surface area (Å²) in [6.07, 6.45) is 0. The number of ether oxygens (including phenoxy) is 1. The van der Waals surface area contributed by atoms with Gasteiger partial charge in [-0.15, -0.1) is 0 Å². The number of nitrogens with one attached hydrogen (secondary N) is 1. The van der Waals surface area contributed by atoms with E-state index in [1.807, 2.05) is 38.1 Å². The zero-order valence-electron chi connectivity index (χ0n) is 12.3. The van der Waals surface area contributed by atoms with Gasteiger partial charge in [0.1, 0.15) is 10.6 Å². The van der Waals surface area contributed by atoms with E-state index in [0.29, 0.717) is 5.75 Å². The molecule has 1 unspecified atom stereocenters. The lowest BCUT2D eigenvalue weighted by atomic mass is 10.0. The van der Waals surface area contributed by atoms with Crippen molar-refractivity contribution >= 4 is 10.0 Å². The summed E-state index contributed by atoms with van der Waals surface area (Å²) in [4.78, 5) is 0.146. The van der Waals surface area contributed by atoms with Crippen molar-refractivity contribution in [2.24, 2.45) is 0 Å². The van der Waals surface area contributed by atoms with E-state index in [2.05, 4.69) is 4.72 Å². The number of methoxy groups -OCH3 is 1. The standard InChI is InChI=1S/C16H19NO3S/c1-12-8-4-5-9-14(12)13(2)17-21(18,19)16-11-7-6-10-15(16)20-3/h4-11,13,17H,1-3H3. The molecule has 0 aliphatic carbocycles. The molecule has 0 aliphatic rings. The number of hydrogen-bond donors (Lipinski definition) is 1. The second kappa shape index (κ2) is 6.28. The number of hydrogen-bond acceptors (Lipinski definition) is 3. The minimum absolute atomic E-state index is 0.146. The first-order valence-corrected chi connectivity index (χ1v) is 8.15. The lowest BCUT2D eigenvalue weighted by Crippen LogP contribution is -2.27. The molecule has 2 rings (SSSR count). The molecule has 1 atom stereocenters. The summed E-state index contributed by atoms with van der Waals surface area (Å²) in [5, 5.41) is 0. The van der Waals surface area contributed by atoms with Gasteiger partial charge in [-0.05, 0) is 37.1 Å². The van der Waals surface area contributed by atoms with Crippen LogP contribution in [0.5, 0.6) is 5.75 Å². The quantitative estimate of drug-likeness (QED) is 0.923. The number of aryl methyl sites for hydroxylation is 1. The third-order valence-corrected chi connectivity index (χ3v) is 4.93. The van der Waals surface area contributed by atoms with Crippen molar-refractivity contribution in [3.8, 4) is 5.75 Å². The second-order valence-corrected chi connectivity index (χ2v) is 6.53. The molecule has 0 spiro atoms. The lowest BCUT2D eigenvalue weighted by Gasteiger charge is -2.17. The van der Waals surface area contributed by atoms with E-state index in [0.717, 1.165) is 11.1 Å². The van der Waals surface area contributed by atoms with Crippen molar-refractivity contribution < 1.29 is 13.2 Å². The first-order valence-electron chi connectivity index (χ1n) is 6.66. The fraction of sp³-hybridized carbons (Fsp3) is 0.250. The largest absolute Gasteiger partial charge is 0.495 e. The maximum absolute atomic E-state index is 12.5. The Balaban J connectivity index is 2.32. The summed E-state index contributed by atoms with van der Waals surface area (Å²) >= 11 is 0. The molecule has 2 aromatic carbocycles. The molecule has 0 aliphatic heterocycles. The van der Waals surface area contributed by atoms with Crippen LogP contribution in [0.2, 0.25) is 0 Å². The number of benzene rings is 2. The average molecular weight is 305 g/mol. The van der Waals surface area contributed by atoms with Gasteiger partial charge in [-0.3, -0.25) is 0 Å². The van der Waals surface area contributed by atoms with Crippen LogP contribution in [0.3, 0.4) is 0 Å². The summed E-state index contributed by atoms with van der Waals surface area (Å²) in [7, 11) is -2.18. The molecule has 5 heteroatoms. The Morgan fingerprint density at radius 1 is 1.05 bits per heavy atom. The van der Waals surface area contributed by atoms with Crippen molar-refractivity contribution in [2.45, 2.75) is 24.8 Å². The summed E-state index contributed by atoms with van der Waals surface area (Å²) in [6.45, 7) is 3.79. The van der Waals surface area contributed by atoms with Crippen LogP contribution in [0.15, 0.2) is 53.4 Å². The molecule has 21 heavy (non-hydrogen) atoms. The predicted octanol–water partition coefficient (Wildman–Crippen LogP) is 3.04. The normalized spacial score (nSPS) is 12.9.